The number of rotatable bonds is 4. The molecule has 0 radical (unpaired) electrons. The highest BCUT2D eigenvalue weighted by atomic mass is 16.4. The average Bonchev–Trinajstić information content (AvgIpc) is 2.42. The minimum Gasteiger partial charge on any atom is -0.481 e. The Morgan fingerprint density at radius 2 is 2.00 bits per heavy atom. The number of nitrogens with one attached hydrogen (secondary N) is 1. The van der Waals surface area contributed by atoms with E-state index in [-0.39, 0.29) is 18.7 Å². The van der Waals surface area contributed by atoms with Crippen molar-refractivity contribution in [3.8, 4) is 0 Å². The quantitative estimate of drug-likeness (QED) is 0.795. The first kappa shape index (κ1) is 12.2. The average molecular weight is 225 g/mol. The van der Waals surface area contributed by atoms with Crippen LogP contribution in [0.1, 0.15) is 24.2 Å². The first-order valence-corrected chi connectivity index (χ1v) is 4.93. The Morgan fingerprint density at radius 1 is 1.38 bits per heavy atom. The van der Waals surface area contributed by atoms with Gasteiger partial charge in [-0.2, -0.15) is 5.10 Å². The number of carboxylic acid groups (broad SMARTS) is 1. The number of aliphatic carboxylic acids is 1. The van der Waals surface area contributed by atoms with Crippen LogP contribution in [0.3, 0.4) is 0 Å². The van der Waals surface area contributed by atoms with E-state index >= 15 is 0 Å². The Kier molecular flexibility index (Phi) is 3.65. The lowest BCUT2D eigenvalue weighted by atomic mass is 10.2. The molecule has 1 heterocycles. The highest BCUT2D eigenvalue weighted by Gasteiger charge is 2.12. The van der Waals surface area contributed by atoms with Crippen LogP contribution >= 0.6 is 0 Å². The second kappa shape index (κ2) is 4.78. The van der Waals surface area contributed by atoms with Crippen LogP contribution in [0.25, 0.3) is 0 Å². The summed E-state index contributed by atoms with van der Waals surface area (Å²) in [6, 6.07) is 0. The van der Waals surface area contributed by atoms with Gasteiger partial charge in [-0.25, -0.2) is 0 Å². The molecule has 0 aliphatic carbocycles. The molecule has 1 rings (SSSR count). The summed E-state index contributed by atoms with van der Waals surface area (Å²) >= 11 is 0. The summed E-state index contributed by atoms with van der Waals surface area (Å²) in [6.07, 6.45) is -0.187. The topological polar surface area (TPSA) is 84.2 Å². The largest absolute Gasteiger partial charge is 0.481 e. The van der Waals surface area contributed by atoms with Gasteiger partial charge in [-0.1, -0.05) is 0 Å². The second-order valence-corrected chi connectivity index (χ2v) is 3.61. The maximum atomic E-state index is 11.4. The maximum Gasteiger partial charge on any atom is 0.303 e. The van der Waals surface area contributed by atoms with Crippen LogP contribution in [0.5, 0.6) is 0 Å². The molecular weight excluding hydrogens is 210 g/mol. The van der Waals surface area contributed by atoms with Crippen molar-refractivity contribution in [2.45, 2.75) is 26.7 Å². The number of nitrogens with zero attached hydrogens (tertiary/aromatic N) is 2. The SMILES string of the molecule is Cc1nn(C)c(C)c1NC(=O)CCC(=O)O. The molecule has 2 N–H and O–H groups in total. The normalized spacial score (nSPS) is 10.2. The predicted molar refractivity (Wildman–Crippen MR) is 58.2 cm³/mol. The van der Waals surface area contributed by atoms with Crippen molar-refractivity contribution in [1.29, 1.82) is 0 Å². The van der Waals surface area contributed by atoms with Gasteiger partial charge in [0.05, 0.1) is 23.5 Å². The third-order valence-corrected chi connectivity index (χ3v) is 2.34. The Labute approximate surface area is 93.3 Å². The zero-order valence-electron chi connectivity index (χ0n) is 9.57. The summed E-state index contributed by atoms with van der Waals surface area (Å²) in [6.45, 7) is 3.63. The van der Waals surface area contributed by atoms with Crippen LogP contribution in [-0.4, -0.2) is 26.8 Å². The molecule has 0 atom stereocenters. The van der Waals surface area contributed by atoms with Crippen LogP contribution in [0, 0.1) is 13.8 Å². The molecule has 0 bridgehead atoms. The number of hydrogen-bond acceptors (Lipinski definition) is 3. The molecule has 88 valence electrons. The van der Waals surface area contributed by atoms with E-state index in [2.05, 4.69) is 10.4 Å². The van der Waals surface area contributed by atoms with E-state index < -0.39 is 5.97 Å². The fraction of sp³-hybridized carbons (Fsp3) is 0.500. The Bertz CT molecular complexity index is 423. The molecule has 6 nitrogen and oxygen atoms in total. The van der Waals surface area contributed by atoms with Gasteiger partial charge in [0.15, 0.2) is 0 Å². The molecule has 0 saturated heterocycles. The standard InChI is InChI=1S/C10H15N3O3/c1-6-10(7(2)13(3)12-6)11-8(14)4-5-9(15)16/h4-5H2,1-3H3,(H,11,14)(H,15,16). The Balaban J connectivity index is 2.66. The molecule has 0 spiro atoms. The van der Waals surface area contributed by atoms with Gasteiger partial charge in [0.1, 0.15) is 0 Å². The molecule has 1 aromatic heterocycles. The summed E-state index contributed by atoms with van der Waals surface area (Å²) in [5.41, 5.74) is 2.24. The number of carbonyl (C=O) groups is 2. The molecule has 16 heavy (non-hydrogen) atoms. The maximum absolute atomic E-state index is 11.4. The molecule has 0 fully saturated rings. The summed E-state index contributed by atoms with van der Waals surface area (Å²) < 4.78 is 1.67. The lowest BCUT2D eigenvalue weighted by molar-refractivity contribution is -0.138. The number of carboxylic acids is 1. The molecule has 0 aliphatic rings. The van der Waals surface area contributed by atoms with Gasteiger partial charge in [0, 0.05) is 13.5 Å². The zero-order valence-corrected chi connectivity index (χ0v) is 9.57. The summed E-state index contributed by atoms with van der Waals surface area (Å²) in [5, 5.41) is 15.3. The molecule has 0 aromatic carbocycles. The lowest BCUT2D eigenvalue weighted by Crippen LogP contribution is -2.14. The van der Waals surface area contributed by atoms with Crippen molar-refractivity contribution in [2.24, 2.45) is 7.05 Å². The van der Waals surface area contributed by atoms with Crippen LogP contribution in [0.2, 0.25) is 0 Å². The number of amides is 1. The van der Waals surface area contributed by atoms with Crippen molar-refractivity contribution in [3.05, 3.63) is 11.4 Å². The number of aryl methyl sites for hydroxylation is 2. The van der Waals surface area contributed by atoms with Crippen LogP contribution in [-0.2, 0) is 16.6 Å². The van der Waals surface area contributed by atoms with Gasteiger partial charge in [-0.05, 0) is 13.8 Å². The van der Waals surface area contributed by atoms with E-state index in [1.807, 2.05) is 6.92 Å². The van der Waals surface area contributed by atoms with E-state index in [9.17, 15) is 9.59 Å². The molecule has 0 saturated carbocycles. The third kappa shape index (κ3) is 2.82. The molecule has 1 amide bonds. The monoisotopic (exact) mass is 225 g/mol. The predicted octanol–water partition coefficient (Wildman–Crippen LogP) is 0.840. The van der Waals surface area contributed by atoms with Gasteiger partial charge in [0.2, 0.25) is 5.91 Å². The third-order valence-electron chi connectivity index (χ3n) is 2.34. The Morgan fingerprint density at radius 3 is 2.44 bits per heavy atom. The number of carbonyl (C=O) groups excluding carboxylic acids is 1. The van der Waals surface area contributed by atoms with Gasteiger partial charge < -0.3 is 10.4 Å². The minimum atomic E-state index is -0.977. The molecule has 1 aromatic rings. The smallest absolute Gasteiger partial charge is 0.303 e. The Hall–Kier alpha value is -1.85. The van der Waals surface area contributed by atoms with Crippen LogP contribution < -0.4 is 5.32 Å². The highest BCUT2D eigenvalue weighted by molar-refractivity contribution is 5.93. The first-order valence-electron chi connectivity index (χ1n) is 4.93. The fourth-order valence-corrected chi connectivity index (χ4v) is 1.38. The molecular formula is C10H15N3O3. The van der Waals surface area contributed by atoms with Crippen molar-refractivity contribution < 1.29 is 14.7 Å². The van der Waals surface area contributed by atoms with Crippen LogP contribution in [0.4, 0.5) is 5.69 Å². The lowest BCUT2D eigenvalue weighted by Gasteiger charge is -2.04. The van der Waals surface area contributed by atoms with Gasteiger partial charge in [-0.3, -0.25) is 14.3 Å². The van der Waals surface area contributed by atoms with Gasteiger partial charge in [-0.15, -0.1) is 0 Å². The van der Waals surface area contributed by atoms with E-state index in [4.69, 9.17) is 5.11 Å². The minimum absolute atomic E-state index is 0.0247. The fourth-order valence-electron chi connectivity index (χ4n) is 1.38. The first-order chi connectivity index (χ1) is 7.41. The van der Waals surface area contributed by atoms with Crippen molar-refractivity contribution in [1.82, 2.24) is 9.78 Å². The number of hydrogen-bond donors (Lipinski definition) is 2. The van der Waals surface area contributed by atoms with Crippen molar-refractivity contribution in [3.63, 3.8) is 0 Å². The van der Waals surface area contributed by atoms with Crippen LogP contribution in [0.15, 0.2) is 0 Å². The number of aromatic nitrogens is 2. The zero-order chi connectivity index (χ0) is 12.3. The molecule has 6 heteroatoms. The summed E-state index contributed by atoms with van der Waals surface area (Å²) in [4.78, 5) is 21.7. The highest BCUT2D eigenvalue weighted by Crippen LogP contribution is 2.18. The van der Waals surface area contributed by atoms with E-state index in [1.165, 1.54) is 0 Å². The number of anilines is 1. The summed E-state index contributed by atoms with van der Waals surface area (Å²) in [7, 11) is 1.79. The van der Waals surface area contributed by atoms with Gasteiger partial charge in [0.25, 0.3) is 0 Å². The van der Waals surface area contributed by atoms with E-state index in [0.717, 1.165) is 11.4 Å². The van der Waals surface area contributed by atoms with Crippen molar-refractivity contribution >= 4 is 17.6 Å². The van der Waals surface area contributed by atoms with Gasteiger partial charge >= 0.3 is 5.97 Å². The van der Waals surface area contributed by atoms with Crippen molar-refractivity contribution in [2.75, 3.05) is 5.32 Å². The van der Waals surface area contributed by atoms with E-state index in [1.54, 1.807) is 18.7 Å². The second-order valence-electron chi connectivity index (χ2n) is 3.61. The summed E-state index contributed by atoms with van der Waals surface area (Å²) in [5.74, 6) is -1.28. The molecule has 0 unspecified atom stereocenters. The molecule has 0 aliphatic heterocycles. The van der Waals surface area contributed by atoms with E-state index in [0.29, 0.717) is 5.69 Å².